The largest absolute Gasteiger partial charge is 0.336 e. The summed E-state index contributed by atoms with van der Waals surface area (Å²) in [7, 11) is 3.49. The maximum absolute atomic E-state index is 12.2. The van der Waals surface area contributed by atoms with E-state index in [0.29, 0.717) is 17.3 Å². The third-order valence-corrected chi connectivity index (χ3v) is 3.66. The first-order valence-electron chi connectivity index (χ1n) is 5.66. The smallest absolute Gasteiger partial charge is 0.272 e. The third-order valence-electron chi connectivity index (χ3n) is 2.80. The van der Waals surface area contributed by atoms with Crippen molar-refractivity contribution >= 4 is 33.4 Å². The van der Waals surface area contributed by atoms with Crippen LogP contribution in [0.3, 0.4) is 0 Å². The molecule has 0 aliphatic heterocycles. The van der Waals surface area contributed by atoms with Crippen molar-refractivity contribution in [3.05, 3.63) is 51.2 Å². The Morgan fingerprint density at radius 3 is 2.84 bits per heavy atom. The van der Waals surface area contributed by atoms with Crippen LogP contribution in [-0.4, -0.2) is 27.6 Å². The minimum Gasteiger partial charge on any atom is -0.336 e. The number of carbonyl (C=O) groups excluding carboxylic acids is 1. The summed E-state index contributed by atoms with van der Waals surface area (Å²) >= 11 is 9.52. The molecule has 0 atom stereocenters. The van der Waals surface area contributed by atoms with Crippen molar-refractivity contribution < 1.29 is 4.79 Å². The lowest BCUT2D eigenvalue weighted by Crippen LogP contribution is -2.28. The molecule has 0 N–H and O–H groups in total. The van der Waals surface area contributed by atoms with Crippen molar-refractivity contribution in [1.29, 1.82) is 0 Å². The maximum Gasteiger partial charge on any atom is 0.272 e. The van der Waals surface area contributed by atoms with Crippen LogP contribution in [0.25, 0.3) is 0 Å². The molecule has 6 heteroatoms. The molecule has 0 unspecified atom stereocenters. The lowest BCUT2D eigenvalue weighted by atomic mass is 10.2. The summed E-state index contributed by atoms with van der Waals surface area (Å²) in [5.74, 6) is -0.0870. The van der Waals surface area contributed by atoms with Crippen LogP contribution in [0.1, 0.15) is 16.1 Å². The lowest BCUT2D eigenvalue weighted by Gasteiger charge is -2.18. The van der Waals surface area contributed by atoms with Gasteiger partial charge in [-0.2, -0.15) is 5.10 Å². The number of amides is 1. The molecule has 0 bridgehead atoms. The van der Waals surface area contributed by atoms with Crippen LogP contribution in [0.4, 0.5) is 0 Å². The number of halogens is 2. The quantitative estimate of drug-likeness (QED) is 0.859. The highest BCUT2D eigenvalue weighted by Crippen LogP contribution is 2.22. The summed E-state index contributed by atoms with van der Waals surface area (Å²) in [6.07, 6.45) is 1.60. The number of aryl methyl sites for hydroxylation is 1. The van der Waals surface area contributed by atoms with Crippen LogP contribution in [0, 0.1) is 0 Å². The number of aromatic nitrogens is 2. The van der Waals surface area contributed by atoms with Crippen LogP contribution < -0.4 is 0 Å². The van der Waals surface area contributed by atoms with E-state index in [9.17, 15) is 4.79 Å². The minimum atomic E-state index is -0.0870. The van der Waals surface area contributed by atoms with E-state index in [1.807, 2.05) is 18.2 Å². The van der Waals surface area contributed by atoms with E-state index in [1.165, 1.54) is 0 Å². The van der Waals surface area contributed by atoms with Gasteiger partial charge in [-0.05, 0) is 29.8 Å². The van der Waals surface area contributed by atoms with Crippen molar-refractivity contribution in [2.45, 2.75) is 6.54 Å². The fourth-order valence-electron chi connectivity index (χ4n) is 1.77. The van der Waals surface area contributed by atoms with Gasteiger partial charge < -0.3 is 4.90 Å². The van der Waals surface area contributed by atoms with E-state index in [4.69, 9.17) is 11.6 Å². The zero-order valence-electron chi connectivity index (χ0n) is 10.6. The summed E-state index contributed by atoms with van der Waals surface area (Å²) in [5, 5.41) is 4.64. The molecule has 0 radical (unpaired) electrons. The fourth-order valence-corrected chi connectivity index (χ4v) is 2.36. The van der Waals surface area contributed by atoms with E-state index in [1.54, 1.807) is 35.9 Å². The predicted octanol–water partition coefficient (Wildman–Crippen LogP) is 3.11. The van der Waals surface area contributed by atoms with Gasteiger partial charge in [-0.1, -0.05) is 27.5 Å². The first kappa shape index (κ1) is 14.1. The van der Waals surface area contributed by atoms with Gasteiger partial charge in [0.1, 0.15) is 5.69 Å². The van der Waals surface area contributed by atoms with Gasteiger partial charge in [0.05, 0.1) is 0 Å². The molecule has 0 aliphatic carbocycles. The van der Waals surface area contributed by atoms with Crippen molar-refractivity contribution in [1.82, 2.24) is 14.7 Å². The first-order valence-corrected chi connectivity index (χ1v) is 6.83. The van der Waals surface area contributed by atoms with Gasteiger partial charge in [0, 0.05) is 36.3 Å². The Hall–Kier alpha value is -1.33. The highest BCUT2D eigenvalue weighted by atomic mass is 79.9. The topological polar surface area (TPSA) is 38.1 Å². The standard InChI is InChI=1S/C13H13BrClN3O/c1-17(13(19)12-5-6-16-18(12)2)8-9-7-10(14)3-4-11(9)15/h3-7H,8H2,1-2H3. The minimum absolute atomic E-state index is 0.0870. The van der Waals surface area contributed by atoms with Gasteiger partial charge >= 0.3 is 0 Å². The number of hydrogen-bond acceptors (Lipinski definition) is 2. The Labute approximate surface area is 125 Å². The molecule has 0 fully saturated rings. The van der Waals surface area contributed by atoms with Crippen LogP contribution in [0.5, 0.6) is 0 Å². The number of hydrogen-bond donors (Lipinski definition) is 0. The Morgan fingerprint density at radius 2 is 2.21 bits per heavy atom. The summed E-state index contributed by atoms with van der Waals surface area (Å²) < 4.78 is 2.50. The molecule has 4 nitrogen and oxygen atoms in total. The van der Waals surface area contributed by atoms with Crippen LogP contribution in [0.15, 0.2) is 34.9 Å². The van der Waals surface area contributed by atoms with Gasteiger partial charge in [-0.25, -0.2) is 0 Å². The Morgan fingerprint density at radius 1 is 1.47 bits per heavy atom. The monoisotopic (exact) mass is 341 g/mol. The van der Waals surface area contributed by atoms with Crippen molar-refractivity contribution in [3.8, 4) is 0 Å². The molecule has 1 aromatic carbocycles. The zero-order chi connectivity index (χ0) is 14.0. The predicted molar refractivity (Wildman–Crippen MR) is 78.2 cm³/mol. The number of carbonyl (C=O) groups is 1. The highest BCUT2D eigenvalue weighted by molar-refractivity contribution is 9.10. The van der Waals surface area contributed by atoms with Crippen LogP contribution >= 0.6 is 27.5 Å². The van der Waals surface area contributed by atoms with E-state index in [-0.39, 0.29) is 5.91 Å². The van der Waals surface area contributed by atoms with Gasteiger partial charge in [0.25, 0.3) is 5.91 Å². The second-order valence-corrected chi connectivity index (χ2v) is 5.56. The summed E-state index contributed by atoms with van der Waals surface area (Å²) in [6, 6.07) is 7.29. The van der Waals surface area contributed by atoms with Gasteiger partial charge in [-0.3, -0.25) is 9.48 Å². The molecule has 1 heterocycles. The molecule has 1 aromatic heterocycles. The average Bonchev–Trinajstić information content (AvgIpc) is 2.79. The molecule has 1 amide bonds. The summed E-state index contributed by atoms with van der Waals surface area (Å²) in [5.41, 5.74) is 1.45. The van der Waals surface area contributed by atoms with Crippen molar-refractivity contribution in [2.75, 3.05) is 7.05 Å². The molecular weight excluding hydrogens is 330 g/mol. The molecule has 0 saturated carbocycles. The Kier molecular flexibility index (Phi) is 4.27. The van der Waals surface area contributed by atoms with E-state index in [2.05, 4.69) is 21.0 Å². The van der Waals surface area contributed by atoms with Gasteiger partial charge in [0.2, 0.25) is 0 Å². The SMILES string of the molecule is CN(Cc1cc(Br)ccc1Cl)C(=O)c1ccnn1C. The van der Waals surface area contributed by atoms with Crippen LogP contribution in [-0.2, 0) is 13.6 Å². The van der Waals surface area contributed by atoms with Gasteiger partial charge in [-0.15, -0.1) is 0 Å². The van der Waals surface area contributed by atoms with E-state index in [0.717, 1.165) is 10.0 Å². The molecule has 2 aromatic rings. The van der Waals surface area contributed by atoms with Crippen molar-refractivity contribution in [3.63, 3.8) is 0 Å². The molecule has 100 valence electrons. The third kappa shape index (κ3) is 3.16. The maximum atomic E-state index is 12.2. The Balaban J connectivity index is 2.17. The molecule has 2 rings (SSSR count). The number of rotatable bonds is 3. The summed E-state index contributed by atoms with van der Waals surface area (Å²) in [6.45, 7) is 0.447. The van der Waals surface area contributed by atoms with Crippen LogP contribution in [0.2, 0.25) is 5.02 Å². The molecule has 19 heavy (non-hydrogen) atoms. The molecular formula is C13H13BrClN3O. The zero-order valence-corrected chi connectivity index (χ0v) is 12.9. The fraction of sp³-hybridized carbons (Fsp3) is 0.231. The second kappa shape index (κ2) is 5.75. The number of benzene rings is 1. The molecule has 0 spiro atoms. The molecule has 0 aliphatic rings. The normalized spacial score (nSPS) is 10.5. The van der Waals surface area contributed by atoms with E-state index < -0.39 is 0 Å². The first-order chi connectivity index (χ1) is 8.99. The summed E-state index contributed by atoms with van der Waals surface area (Å²) in [4.78, 5) is 13.9. The Bertz CT molecular complexity index is 612. The second-order valence-electron chi connectivity index (χ2n) is 4.24. The average molecular weight is 343 g/mol. The highest BCUT2D eigenvalue weighted by Gasteiger charge is 2.16. The number of nitrogens with zero attached hydrogens (tertiary/aromatic N) is 3. The van der Waals surface area contributed by atoms with Gasteiger partial charge in [0.15, 0.2) is 0 Å². The van der Waals surface area contributed by atoms with Crippen molar-refractivity contribution in [2.24, 2.45) is 7.05 Å². The van der Waals surface area contributed by atoms with E-state index >= 15 is 0 Å². The lowest BCUT2D eigenvalue weighted by molar-refractivity contribution is 0.0774. The molecule has 0 saturated heterocycles.